The van der Waals surface area contributed by atoms with Gasteiger partial charge < -0.3 is 5.32 Å². The van der Waals surface area contributed by atoms with Crippen LogP contribution in [0.15, 0.2) is 47.4 Å². The Morgan fingerprint density at radius 3 is 2.95 bits per heavy atom. The topological polar surface area (TPSA) is 42.0 Å². The van der Waals surface area contributed by atoms with E-state index < -0.39 is 0 Å². The van der Waals surface area contributed by atoms with Crippen LogP contribution in [0.3, 0.4) is 0 Å². The second kappa shape index (κ2) is 5.85. The molecule has 20 heavy (non-hydrogen) atoms. The Kier molecular flexibility index (Phi) is 3.94. The van der Waals surface area contributed by atoms with Crippen LogP contribution in [0.5, 0.6) is 0 Å². The van der Waals surface area contributed by atoms with E-state index in [0.717, 1.165) is 12.2 Å². The molecule has 2 heterocycles. The second-order valence-corrected chi connectivity index (χ2v) is 6.07. The Hall–Kier alpha value is -1.52. The highest BCUT2D eigenvalue weighted by Gasteiger charge is 2.22. The Morgan fingerprint density at radius 2 is 2.10 bits per heavy atom. The molecule has 0 saturated carbocycles. The molecule has 1 aromatic heterocycles. The fourth-order valence-corrected chi connectivity index (χ4v) is 3.55. The summed E-state index contributed by atoms with van der Waals surface area (Å²) in [5.41, 5.74) is 1.53. The van der Waals surface area contributed by atoms with Gasteiger partial charge in [0.2, 0.25) is 0 Å². The van der Waals surface area contributed by atoms with Gasteiger partial charge in [0.15, 0.2) is 0 Å². The van der Waals surface area contributed by atoms with Gasteiger partial charge in [0, 0.05) is 10.6 Å². The van der Waals surface area contributed by atoms with Crippen molar-refractivity contribution in [3.8, 4) is 0 Å². The van der Waals surface area contributed by atoms with E-state index in [1.54, 1.807) is 18.2 Å². The zero-order valence-electron chi connectivity index (χ0n) is 10.7. The van der Waals surface area contributed by atoms with Crippen molar-refractivity contribution in [2.24, 2.45) is 0 Å². The molecule has 2 aromatic rings. The number of hydrogen-bond donors (Lipinski definition) is 1. The molecule has 3 nitrogen and oxygen atoms in total. The Bertz CT molecular complexity index is 647. The number of nitrogens with zero attached hydrogens (tertiary/aromatic N) is 1. The lowest BCUT2D eigenvalue weighted by Gasteiger charge is -2.25. The number of hydrogen-bond acceptors (Lipinski definition) is 3. The van der Waals surface area contributed by atoms with Crippen molar-refractivity contribution in [2.75, 3.05) is 5.75 Å². The number of carbonyl (C=O) groups excluding carboxylic acids is 1. The van der Waals surface area contributed by atoms with Gasteiger partial charge in [0.25, 0.3) is 5.91 Å². The van der Waals surface area contributed by atoms with E-state index in [2.05, 4.69) is 22.4 Å². The molecule has 1 aromatic carbocycles. The van der Waals surface area contributed by atoms with Gasteiger partial charge in [-0.25, -0.2) is 4.98 Å². The number of carbonyl (C=O) groups is 1. The van der Waals surface area contributed by atoms with Crippen LogP contribution in [0.2, 0.25) is 5.15 Å². The van der Waals surface area contributed by atoms with Crippen molar-refractivity contribution in [1.82, 2.24) is 10.3 Å². The lowest BCUT2D eigenvalue weighted by molar-refractivity contribution is 0.0930. The minimum absolute atomic E-state index is 0.0423. The number of pyridine rings is 1. The monoisotopic (exact) mass is 304 g/mol. The highest BCUT2D eigenvalue weighted by molar-refractivity contribution is 7.99. The van der Waals surface area contributed by atoms with Crippen molar-refractivity contribution in [3.05, 3.63) is 58.9 Å². The molecular weight excluding hydrogens is 292 g/mol. The van der Waals surface area contributed by atoms with Crippen LogP contribution < -0.4 is 5.32 Å². The van der Waals surface area contributed by atoms with Gasteiger partial charge in [-0.3, -0.25) is 4.79 Å². The van der Waals surface area contributed by atoms with Gasteiger partial charge in [0.1, 0.15) is 10.8 Å². The zero-order chi connectivity index (χ0) is 13.9. The summed E-state index contributed by atoms with van der Waals surface area (Å²) in [6, 6.07) is 13.3. The Labute approximate surface area is 126 Å². The number of aromatic nitrogens is 1. The molecular formula is C15H13ClN2OS. The molecule has 0 radical (unpaired) electrons. The summed E-state index contributed by atoms with van der Waals surface area (Å²) < 4.78 is 0. The molecule has 0 saturated heterocycles. The van der Waals surface area contributed by atoms with Crippen LogP contribution in [-0.2, 0) is 0 Å². The first-order valence-electron chi connectivity index (χ1n) is 6.39. The third-order valence-electron chi connectivity index (χ3n) is 3.21. The third kappa shape index (κ3) is 2.81. The number of halogens is 1. The van der Waals surface area contributed by atoms with Crippen LogP contribution in [0.25, 0.3) is 0 Å². The zero-order valence-corrected chi connectivity index (χ0v) is 12.2. The van der Waals surface area contributed by atoms with Gasteiger partial charge in [-0.15, -0.1) is 11.8 Å². The summed E-state index contributed by atoms with van der Waals surface area (Å²) in [6.45, 7) is 0. The maximum absolute atomic E-state index is 12.2. The molecule has 1 atom stereocenters. The number of rotatable bonds is 2. The standard InChI is InChI=1S/C15H13ClN2OS/c16-14-7-3-5-12(17-14)15(19)18-11-8-9-20-13-6-2-1-4-10(11)13/h1-7,11H,8-9H2,(H,18,19). The average molecular weight is 305 g/mol. The molecule has 3 rings (SSSR count). The van der Waals surface area contributed by atoms with Crippen molar-refractivity contribution >= 4 is 29.3 Å². The summed E-state index contributed by atoms with van der Waals surface area (Å²) in [6.07, 6.45) is 0.925. The molecule has 1 aliphatic heterocycles. The van der Waals surface area contributed by atoms with Crippen LogP contribution in [0.4, 0.5) is 0 Å². The maximum Gasteiger partial charge on any atom is 0.270 e. The molecule has 1 unspecified atom stereocenters. The maximum atomic E-state index is 12.2. The lowest BCUT2D eigenvalue weighted by atomic mass is 10.0. The van der Waals surface area contributed by atoms with E-state index in [4.69, 9.17) is 11.6 Å². The summed E-state index contributed by atoms with van der Waals surface area (Å²) >= 11 is 7.65. The fraction of sp³-hybridized carbons (Fsp3) is 0.200. The van der Waals surface area contributed by atoms with Crippen molar-refractivity contribution < 1.29 is 4.79 Å². The number of thioether (sulfide) groups is 1. The highest BCUT2D eigenvalue weighted by Crippen LogP contribution is 2.35. The molecule has 0 bridgehead atoms. The number of nitrogens with one attached hydrogen (secondary N) is 1. The molecule has 0 fully saturated rings. The van der Waals surface area contributed by atoms with Crippen LogP contribution in [0.1, 0.15) is 28.5 Å². The van der Waals surface area contributed by atoms with Gasteiger partial charge >= 0.3 is 0 Å². The largest absolute Gasteiger partial charge is 0.344 e. The molecule has 0 aliphatic carbocycles. The van der Waals surface area contributed by atoms with E-state index in [0.29, 0.717) is 10.8 Å². The number of fused-ring (bicyclic) bond motifs is 1. The normalized spacial score (nSPS) is 17.4. The quantitative estimate of drug-likeness (QED) is 0.860. The van der Waals surface area contributed by atoms with Gasteiger partial charge in [0.05, 0.1) is 6.04 Å². The van der Waals surface area contributed by atoms with Crippen molar-refractivity contribution in [3.63, 3.8) is 0 Å². The predicted octanol–water partition coefficient (Wildman–Crippen LogP) is 3.70. The van der Waals surface area contributed by atoms with E-state index in [-0.39, 0.29) is 11.9 Å². The minimum atomic E-state index is -0.181. The average Bonchev–Trinajstić information content (AvgIpc) is 2.47. The third-order valence-corrected chi connectivity index (χ3v) is 4.54. The van der Waals surface area contributed by atoms with Gasteiger partial charge in [-0.2, -0.15) is 0 Å². The molecule has 1 amide bonds. The van der Waals surface area contributed by atoms with E-state index in [9.17, 15) is 4.79 Å². The van der Waals surface area contributed by atoms with Crippen molar-refractivity contribution in [1.29, 1.82) is 0 Å². The SMILES string of the molecule is O=C(NC1CCSc2ccccc21)c1cccc(Cl)n1. The summed E-state index contributed by atoms with van der Waals surface area (Å²) in [5, 5.41) is 3.38. The van der Waals surface area contributed by atoms with Crippen molar-refractivity contribution in [2.45, 2.75) is 17.4 Å². The number of amides is 1. The summed E-state index contributed by atoms with van der Waals surface area (Å²) in [5.74, 6) is 0.824. The summed E-state index contributed by atoms with van der Waals surface area (Å²) in [4.78, 5) is 17.5. The Morgan fingerprint density at radius 1 is 1.25 bits per heavy atom. The fourth-order valence-electron chi connectivity index (χ4n) is 2.26. The van der Waals surface area contributed by atoms with E-state index >= 15 is 0 Å². The van der Waals surface area contributed by atoms with Crippen LogP contribution in [-0.4, -0.2) is 16.6 Å². The Balaban J connectivity index is 1.81. The first kappa shape index (κ1) is 13.5. The minimum Gasteiger partial charge on any atom is -0.344 e. The first-order valence-corrected chi connectivity index (χ1v) is 7.75. The highest BCUT2D eigenvalue weighted by atomic mass is 35.5. The van der Waals surface area contributed by atoms with Gasteiger partial charge in [-0.05, 0) is 30.2 Å². The smallest absolute Gasteiger partial charge is 0.270 e. The number of benzene rings is 1. The lowest BCUT2D eigenvalue weighted by Crippen LogP contribution is -2.31. The van der Waals surface area contributed by atoms with E-state index in [1.807, 2.05) is 23.9 Å². The molecule has 0 spiro atoms. The molecule has 1 N–H and O–H groups in total. The predicted molar refractivity (Wildman–Crippen MR) is 81.2 cm³/mol. The van der Waals surface area contributed by atoms with Crippen LogP contribution in [0, 0.1) is 0 Å². The molecule has 1 aliphatic rings. The van der Waals surface area contributed by atoms with Crippen LogP contribution >= 0.6 is 23.4 Å². The van der Waals surface area contributed by atoms with Gasteiger partial charge in [-0.1, -0.05) is 35.9 Å². The first-order chi connectivity index (χ1) is 9.74. The van der Waals surface area contributed by atoms with E-state index in [1.165, 1.54) is 10.5 Å². The summed E-state index contributed by atoms with van der Waals surface area (Å²) in [7, 11) is 0. The molecule has 102 valence electrons. The molecule has 5 heteroatoms. The second-order valence-electron chi connectivity index (χ2n) is 4.55.